The third-order valence-corrected chi connectivity index (χ3v) is 5.46. The van der Waals surface area contributed by atoms with Gasteiger partial charge in [0.2, 0.25) is 17.6 Å². The van der Waals surface area contributed by atoms with Crippen molar-refractivity contribution in [3.8, 4) is 11.4 Å². The number of amides is 1. The van der Waals surface area contributed by atoms with Crippen LogP contribution in [-0.2, 0) is 16.0 Å². The zero-order valence-electron chi connectivity index (χ0n) is 14.1. The van der Waals surface area contributed by atoms with Crippen molar-refractivity contribution in [3.05, 3.63) is 35.5 Å². The minimum Gasteiger partial charge on any atom is -0.479 e. The summed E-state index contributed by atoms with van der Waals surface area (Å²) in [4.78, 5) is 27.7. The lowest BCUT2D eigenvalue weighted by Gasteiger charge is -2.24. The molecule has 138 valence electrons. The van der Waals surface area contributed by atoms with Gasteiger partial charge < -0.3 is 14.9 Å². The molecule has 1 unspecified atom stereocenters. The van der Waals surface area contributed by atoms with E-state index in [0.29, 0.717) is 29.1 Å². The van der Waals surface area contributed by atoms with Crippen molar-refractivity contribution in [1.29, 1.82) is 0 Å². The van der Waals surface area contributed by atoms with Gasteiger partial charge in [-0.25, -0.2) is 9.18 Å². The molecule has 1 fully saturated rings. The second kappa shape index (κ2) is 7.45. The van der Waals surface area contributed by atoms with Crippen LogP contribution in [0.15, 0.2) is 22.7 Å². The highest BCUT2D eigenvalue weighted by Gasteiger charge is 2.43. The van der Waals surface area contributed by atoms with Crippen LogP contribution >= 0.6 is 11.8 Å². The molecule has 7 nitrogen and oxygen atoms in total. The molecule has 0 spiro atoms. The van der Waals surface area contributed by atoms with Crippen LogP contribution in [0.2, 0.25) is 0 Å². The number of halogens is 1. The smallest absolute Gasteiger partial charge is 0.330 e. The maximum atomic E-state index is 13.6. The van der Waals surface area contributed by atoms with Crippen molar-refractivity contribution in [3.63, 3.8) is 0 Å². The summed E-state index contributed by atoms with van der Waals surface area (Å²) in [5.74, 6) is -0.213. The van der Waals surface area contributed by atoms with Crippen LogP contribution in [0.5, 0.6) is 0 Å². The van der Waals surface area contributed by atoms with Gasteiger partial charge in [-0.05, 0) is 30.7 Å². The fraction of sp³-hybridized carbons (Fsp3) is 0.412. The summed E-state index contributed by atoms with van der Waals surface area (Å²) in [7, 11) is 0. The highest BCUT2D eigenvalue weighted by molar-refractivity contribution is 7.99. The standard InChI is InChI=1S/C17H18FN3O4S/c1-10-2-3-11(8-12(10)18)15-19-14(25-21-15)5-4-13(22)20-17(16(23)24)6-7-26-9-17/h2-3,8H,4-7,9H2,1H3,(H,20,22)(H,23,24). The number of aryl methyl sites for hydroxylation is 2. The molecule has 3 rings (SSSR count). The highest BCUT2D eigenvalue weighted by atomic mass is 32.2. The number of carboxylic acid groups (broad SMARTS) is 1. The Morgan fingerprint density at radius 2 is 2.27 bits per heavy atom. The van der Waals surface area contributed by atoms with Gasteiger partial charge in [0.15, 0.2) is 0 Å². The van der Waals surface area contributed by atoms with E-state index in [1.165, 1.54) is 17.8 Å². The van der Waals surface area contributed by atoms with E-state index in [1.807, 2.05) is 0 Å². The average molecular weight is 379 g/mol. The summed E-state index contributed by atoms with van der Waals surface area (Å²) < 4.78 is 18.7. The molecular formula is C17H18FN3O4S. The quantitative estimate of drug-likeness (QED) is 0.792. The van der Waals surface area contributed by atoms with Gasteiger partial charge in [0.25, 0.3) is 0 Å². The third kappa shape index (κ3) is 3.87. The highest BCUT2D eigenvalue weighted by Crippen LogP contribution is 2.28. The van der Waals surface area contributed by atoms with Gasteiger partial charge in [-0.15, -0.1) is 0 Å². The summed E-state index contributed by atoms with van der Waals surface area (Å²) in [5, 5.41) is 15.8. The lowest BCUT2D eigenvalue weighted by Crippen LogP contribution is -2.54. The third-order valence-electron chi connectivity index (χ3n) is 4.27. The molecule has 1 saturated heterocycles. The van der Waals surface area contributed by atoms with Crippen molar-refractivity contribution < 1.29 is 23.6 Å². The van der Waals surface area contributed by atoms with Crippen LogP contribution in [0.4, 0.5) is 4.39 Å². The Hall–Kier alpha value is -2.42. The van der Waals surface area contributed by atoms with Crippen molar-refractivity contribution >= 4 is 23.6 Å². The first kappa shape index (κ1) is 18.4. The van der Waals surface area contributed by atoms with Crippen molar-refractivity contribution in [1.82, 2.24) is 15.5 Å². The molecule has 2 N–H and O–H groups in total. The number of hydrogen-bond donors (Lipinski definition) is 2. The molecule has 0 bridgehead atoms. The molecule has 0 saturated carbocycles. The van der Waals surface area contributed by atoms with Gasteiger partial charge in [-0.2, -0.15) is 16.7 Å². The molecule has 1 aromatic heterocycles. The van der Waals surface area contributed by atoms with Gasteiger partial charge in [-0.3, -0.25) is 4.79 Å². The predicted octanol–water partition coefficient (Wildman–Crippen LogP) is 2.19. The molecule has 1 aliphatic rings. The van der Waals surface area contributed by atoms with Gasteiger partial charge in [0.1, 0.15) is 11.4 Å². The largest absolute Gasteiger partial charge is 0.479 e. The Bertz CT molecular complexity index is 833. The summed E-state index contributed by atoms with van der Waals surface area (Å²) in [6, 6.07) is 4.64. The number of aliphatic carboxylic acids is 1. The summed E-state index contributed by atoms with van der Waals surface area (Å²) >= 11 is 1.50. The van der Waals surface area contributed by atoms with Gasteiger partial charge in [-0.1, -0.05) is 17.3 Å². The number of carbonyl (C=O) groups is 2. The van der Waals surface area contributed by atoms with Crippen LogP contribution < -0.4 is 5.32 Å². The minimum absolute atomic E-state index is 0.0313. The molecule has 0 radical (unpaired) electrons. The molecule has 1 aliphatic heterocycles. The molecule has 26 heavy (non-hydrogen) atoms. The lowest BCUT2D eigenvalue weighted by atomic mass is 9.99. The number of aromatic nitrogens is 2. The van der Waals surface area contributed by atoms with E-state index in [2.05, 4.69) is 15.5 Å². The molecule has 1 aromatic carbocycles. The van der Waals surface area contributed by atoms with Crippen LogP contribution in [0.25, 0.3) is 11.4 Å². The van der Waals surface area contributed by atoms with E-state index in [1.54, 1.807) is 19.1 Å². The number of benzene rings is 1. The number of nitrogens with zero attached hydrogens (tertiary/aromatic N) is 2. The van der Waals surface area contributed by atoms with E-state index in [4.69, 9.17) is 4.52 Å². The van der Waals surface area contributed by atoms with E-state index in [9.17, 15) is 19.1 Å². The summed E-state index contributed by atoms with van der Waals surface area (Å²) in [5.41, 5.74) is -0.187. The number of rotatable bonds is 6. The number of nitrogens with one attached hydrogen (secondary N) is 1. The monoisotopic (exact) mass is 379 g/mol. The van der Waals surface area contributed by atoms with Crippen molar-refractivity contribution in [2.45, 2.75) is 31.7 Å². The first-order valence-corrected chi connectivity index (χ1v) is 9.26. The van der Waals surface area contributed by atoms with Gasteiger partial charge in [0, 0.05) is 24.2 Å². The van der Waals surface area contributed by atoms with Gasteiger partial charge >= 0.3 is 5.97 Å². The SMILES string of the molecule is Cc1ccc(-c2noc(CCC(=O)NC3(C(=O)O)CCSC3)n2)cc1F. The van der Waals surface area contributed by atoms with Crippen molar-refractivity contribution in [2.75, 3.05) is 11.5 Å². The van der Waals surface area contributed by atoms with Crippen LogP contribution in [0.1, 0.15) is 24.3 Å². The molecule has 1 atom stereocenters. The molecule has 1 amide bonds. The fourth-order valence-corrected chi connectivity index (χ4v) is 3.97. The second-order valence-corrected chi connectivity index (χ2v) is 7.32. The zero-order chi connectivity index (χ0) is 18.7. The fourth-order valence-electron chi connectivity index (χ4n) is 2.64. The molecule has 2 aromatic rings. The minimum atomic E-state index is -1.19. The Morgan fingerprint density at radius 3 is 2.92 bits per heavy atom. The molecule has 9 heteroatoms. The van der Waals surface area contributed by atoms with E-state index in [0.717, 1.165) is 0 Å². The van der Waals surface area contributed by atoms with E-state index >= 15 is 0 Å². The average Bonchev–Trinajstić information content (AvgIpc) is 3.26. The number of carbonyl (C=O) groups excluding carboxylic acids is 1. The number of hydrogen-bond acceptors (Lipinski definition) is 6. The first-order chi connectivity index (χ1) is 12.4. The second-order valence-electron chi connectivity index (χ2n) is 6.21. The van der Waals surface area contributed by atoms with Crippen LogP contribution in [0, 0.1) is 12.7 Å². The van der Waals surface area contributed by atoms with Crippen LogP contribution in [0.3, 0.4) is 0 Å². The summed E-state index contributed by atoms with van der Waals surface area (Å²) in [6.45, 7) is 1.66. The Morgan fingerprint density at radius 1 is 1.46 bits per heavy atom. The van der Waals surface area contributed by atoms with E-state index in [-0.39, 0.29) is 36.3 Å². The van der Waals surface area contributed by atoms with Crippen molar-refractivity contribution in [2.24, 2.45) is 0 Å². The zero-order valence-corrected chi connectivity index (χ0v) is 14.9. The maximum absolute atomic E-state index is 13.6. The Kier molecular flexibility index (Phi) is 5.26. The topological polar surface area (TPSA) is 105 Å². The molecular weight excluding hydrogens is 361 g/mol. The van der Waals surface area contributed by atoms with E-state index < -0.39 is 11.5 Å². The number of thioether (sulfide) groups is 1. The molecule has 0 aliphatic carbocycles. The lowest BCUT2D eigenvalue weighted by molar-refractivity contribution is -0.146. The number of carboxylic acids is 1. The summed E-state index contributed by atoms with van der Waals surface area (Å²) in [6.07, 6.45) is 0.613. The molecule has 2 heterocycles. The maximum Gasteiger partial charge on any atom is 0.330 e. The Labute approximate surface area is 153 Å². The van der Waals surface area contributed by atoms with Crippen LogP contribution in [-0.4, -0.2) is 44.2 Å². The first-order valence-electron chi connectivity index (χ1n) is 8.11. The Balaban J connectivity index is 1.60. The predicted molar refractivity (Wildman–Crippen MR) is 93.2 cm³/mol. The van der Waals surface area contributed by atoms with Gasteiger partial charge in [0.05, 0.1) is 0 Å². The normalized spacial score (nSPS) is 19.5.